The Bertz CT molecular complexity index is 1730. The van der Waals surface area contributed by atoms with Crippen LogP contribution in [0.4, 0.5) is 0 Å². The highest BCUT2D eigenvalue weighted by Gasteiger charge is 2.16. The molecule has 2 nitrogen and oxygen atoms in total. The van der Waals surface area contributed by atoms with Gasteiger partial charge in [0, 0.05) is 11.8 Å². The molecule has 198 valence electrons. The molecule has 0 saturated carbocycles. The molecule has 3 heteroatoms. The molecule has 0 bridgehead atoms. The Morgan fingerprint density at radius 3 is 1.46 bits per heavy atom. The third-order valence-corrected chi connectivity index (χ3v) is 7.69. The van der Waals surface area contributed by atoms with Crippen LogP contribution in [-0.4, -0.2) is 10.1 Å². The highest BCUT2D eigenvalue weighted by molar-refractivity contribution is 9.10. The minimum Gasteiger partial charge on any atom is -0.392 e. The Hall–Kier alpha value is -4.57. The summed E-state index contributed by atoms with van der Waals surface area (Å²) in [5.74, 6) is 0. The van der Waals surface area contributed by atoms with Crippen LogP contribution in [-0.2, 0) is 6.61 Å². The fourth-order valence-corrected chi connectivity index (χ4v) is 5.41. The van der Waals surface area contributed by atoms with Crippen LogP contribution in [0.25, 0.3) is 33.4 Å². The minimum absolute atomic E-state index is 0.0304. The Kier molecular flexibility index (Phi) is 7.99. The van der Waals surface area contributed by atoms with E-state index in [2.05, 4.69) is 142 Å². The molecule has 1 heterocycles. The number of nitrogens with zero attached hydrogens (tertiary/aromatic N) is 1. The molecule has 0 amide bonds. The summed E-state index contributed by atoms with van der Waals surface area (Å²) >= 11 is 3.43. The van der Waals surface area contributed by atoms with E-state index in [1.807, 2.05) is 30.5 Å². The molecule has 6 rings (SSSR count). The Balaban J connectivity index is 1.53. The van der Waals surface area contributed by atoms with Crippen molar-refractivity contribution in [1.82, 2.24) is 4.98 Å². The first-order valence-electron chi connectivity index (χ1n) is 13.6. The predicted molar refractivity (Wildman–Crippen MR) is 173 cm³/mol. The van der Waals surface area contributed by atoms with Gasteiger partial charge < -0.3 is 5.11 Å². The third kappa shape index (κ3) is 5.97. The average molecular weight is 595 g/mol. The standard InChI is InChI=1S/C38H28BrNO/c39-36-23-22-35(25-40-36)29-16-20-33(21-17-29)38(37(30-9-3-1-4-10-30)31-11-5-2-6-12-31)32-18-14-28(15-19-32)34-13-7-8-27(24-34)26-41/h1-25,41H,26H2. The Labute approximate surface area is 249 Å². The van der Waals surface area contributed by atoms with Crippen molar-refractivity contribution in [1.29, 1.82) is 0 Å². The maximum Gasteiger partial charge on any atom is 0.106 e. The number of hydrogen-bond acceptors (Lipinski definition) is 2. The molecule has 6 aromatic rings. The second kappa shape index (κ2) is 12.3. The van der Waals surface area contributed by atoms with E-state index in [-0.39, 0.29) is 6.61 Å². The lowest BCUT2D eigenvalue weighted by molar-refractivity contribution is 0.282. The minimum atomic E-state index is 0.0304. The number of rotatable bonds is 7. The van der Waals surface area contributed by atoms with Crippen LogP contribution >= 0.6 is 15.9 Å². The van der Waals surface area contributed by atoms with E-state index in [0.717, 1.165) is 54.7 Å². The van der Waals surface area contributed by atoms with E-state index < -0.39 is 0 Å². The first-order valence-corrected chi connectivity index (χ1v) is 14.4. The van der Waals surface area contributed by atoms with Crippen molar-refractivity contribution in [3.05, 3.63) is 184 Å². The van der Waals surface area contributed by atoms with E-state index in [9.17, 15) is 5.11 Å². The van der Waals surface area contributed by atoms with Crippen LogP contribution in [0.2, 0.25) is 0 Å². The number of aromatic nitrogens is 1. The van der Waals surface area contributed by atoms with Crippen LogP contribution in [0.15, 0.2) is 156 Å². The molecule has 0 fully saturated rings. The lowest BCUT2D eigenvalue weighted by Gasteiger charge is -2.19. The second-order valence-electron chi connectivity index (χ2n) is 9.86. The van der Waals surface area contributed by atoms with Crippen molar-refractivity contribution in [2.75, 3.05) is 0 Å². The van der Waals surface area contributed by atoms with Crippen molar-refractivity contribution in [2.45, 2.75) is 6.61 Å². The number of hydrogen-bond donors (Lipinski definition) is 1. The van der Waals surface area contributed by atoms with Gasteiger partial charge in [0.2, 0.25) is 0 Å². The summed E-state index contributed by atoms with van der Waals surface area (Å²) in [6.45, 7) is 0.0304. The molecule has 41 heavy (non-hydrogen) atoms. The molecular weight excluding hydrogens is 566 g/mol. The van der Waals surface area contributed by atoms with Gasteiger partial charge in [0.15, 0.2) is 0 Å². The van der Waals surface area contributed by atoms with E-state index in [1.54, 1.807) is 0 Å². The van der Waals surface area contributed by atoms with Gasteiger partial charge in [0.1, 0.15) is 4.60 Å². The van der Waals surface area contributed by atoms with Gasteiger partial charge in [-0.2, -0.15) is 0 Å². The van der Waals surface area contributed by atoms with E-state index in [0.29, 0.717) is 0 Å². The molecule has 5 aromatic carbocycles. The normalized spacial score (nSPS) is 10.8. The SMILES string of the molecule is OCc1cccc(-c2ccc(C(=C(c3ccccc3)c3ccccc3)c3ccc(-c4ccc(Br)nc4)cc3)cc2)c1. The summed E-state index contributed by atoms with van der Waals surface area (Å²) in [5.41, 5.74) is 12.2. The van der Waals surface area contributed by atoms with Crippen LogP contribution in [0.3, 0.4) is 0 Å². The molecule has 0 aliphatic heterocycles. The molecule has 0 unspecified atom stereocenters. The van der Waals surface area contributed by atoms with Crippen molar-refractivity contribution < 1.29 is 5.11 Å². The zero-order valence-corrected chi connectivity index (χ0v) is 24.0. The molecule has 0 aliphatic rings. The summed E-state index contributed by atoms with van der Waals surface area (Å²) in [7, 11) is 0. The first-order chi connectivity index (χ1) is 20.2. The Morgan fingerprint density at radius 2 is 0.976 bits per heavy atom. The highest BCUT2D eigenvalue weighted by Crippen LogP contribution is 2.38. The second-order valence-corrected chi connectivity index (χ2v) is 10.7. The first kappa shape index (κ1) is 26.6. The number of halogens is 1. The molecular formula is C38H28BrNO. The van der Waals surface area contributed by atoms with E-state index in [1.165, 1.54) is 11.1 Å². The van der Waals surface area contributed by atoms with Crippen LogP contribution in [0.1, 0.15) is 27.8 Å². The zero-order chi connectivity index (χ0) is 28.0. The van der Waals surface area contributed by atoms with Gasteiger partial charge in [-0.25, -0.2) is 4.98 Å². The molecule has 0 saturated heterocycles. The maximum absolute atomic E-state index is 9.62. The van der Waals surface area contributed by atoms with Crippen LogP contribution in [0.5, 0.6) is 0 Å². The molecule has 0 atom stereocenters. The van der Waals surface area contributed by atoms with E-state index >= 15 is 0 Å². The fraction of sp³-hybridized carbons (Fsp3) is 0.0263. The van der Waals surface area contributed by atoms with Gasteiger partial charge in [-0.05, 0) is 83.7 Å². The smallest absolute Gasteiger partial charge is 0.106 e. The van der Waals surface area contributed by atoms with Gasteiger partial charge in [-0.3, -0.25) is 0 Å². The zero-order valence-electron chi connectivity index (χ0n) is 22.4. The van der Waals surface area contributed by atoms with Crippen molar-refractivity contribution in [3.63, 3.8) is 0 Å². The van der Waals surface area contributed by atoms with Gasteiger partial charge in [0.25, 0.3) is 0 Å². The summed E-state index contributed by atoms with van der Waals surface area (Å²) in [4.78, 5) is 4.41. The molecule has 0 aliphatic carbocycles. The summed E-state index contributed by atoms with van der Waals surface area (Å²) in [5, 5.41) is 9.62. The molecule has 1 aromatic heterocycles. The van der Waals surface area contributed by atoms with Crippen molar-refractivity contribution >= 4 is 27.1 Å². The number of pyridine rings is 1. The summed E-state index contributed by atoms with van der Waals surface area (Å²) in [6.07, 6.45) is 1.89. The monoisotopic (exact) mass is 593 g/mol. The van der Waals surface area contributed by atoms with Crippen LogP contribution in [0, 0.1) is 0 Å². The molecule has 0 radical (unpaired) electrons. The topological polar surface area (TPSA) is 33.1 Å². The Morgan fingerprint density at radius 1 is 0.488 bits per heavy atom. The van der Waals surface area contributed by atoms with Gasteiger partial charge in [-0.1, -0.05) is 133 Å². The van der Waals surface area contributed by atoms with E-state index in [4.69, 9.17) is 0 Å². The van der Waals surface area contributed by atoms with Gasteiger partial charge in [-0.15, -0.1) is 0 Å². The maximum atomic E-state index is 9.62. The quantitative estimate of drug-likeness (QED) is 0.148. The number of aliphatic hydroxyl groups is 1. The van der Waals surface area contributed by atoms with Gasteiger partial charge in [0.05, 0.1) is 6.61 Å². The lowest BCUT2D eigenvalue weighted by atomic mass is 9.85. The lowest BCUT2D eigenvalue weighted by Crippen LogP contribution is -1.98. The number of benzene rings is 5. The van der Waals surface area contributed by atoms with Crippen molar-refractivity contribution in [3.8, 4) is 22.3 Å². The third-order valence-electron chi connectivity index (χ3n) is 7.23. The fourth-order valence-electron chi connectivity index (χ4n) is 5.17. The average Bonchev–Trinajstić information content (AvgIpc) is 3.05. The molecule has 0 spiro atoms. The number of aliphatic hydroxyl groups excluding tert-OH is 1. The van der Waals surface area contributed by atoms with Gasteiger partial charge >= 0.3 is 0 Å². The highest BCUT2D eigenvalue weighted by atomic mass is 79.9. The summed E-state index contributed by atoms with van der Waals surface area (Å²) < 4.78 is 0.824. The predicted octanol–water partition coefficient (Wildman–Crippen LogP) is 9.68. The summed E-state index contributed by atoms with van der Waals surface area (Å²) in [6, 6.07) is 50.8. The largest absolute Gasteiger partial charge is 0.392 e. The van der Waals surface area contributed by atoms with Crippen LogP contribution < -0.4 is 0 Å². The molecule has 1 N–H and O–H groups in total. The van der Waals surface area contributed by atoms with Crippen molar-refractivity contribution in [2.24, 2.45) is 0 Å².